The van der Waals surface area contributed by atoms with Crippen molar-refractivity contribution in [3.63, 3.8) is 0 Å². The van der Waals surface area contributed by atoms with Gasteiger partial charge in [-0.2, -0.15) is 0 Å². The van der Waals surface area contributed by atoms with Crippen molar-refractivity contribution in [2.45, 2.75) is 16.7 Å². The number of carbonyl (C=O) groups excluding carboxylic acids is 1. The minimum atomic E-state index is -0.138. The lowest BCUT2D eigenvalue weighted by Gasteiger charge is -2.21. The van der Waals surface area contributed by atoms with Gasteiger partial charge in [0.15, 0.2) is 0 Å². The second-order valence-corrected chi connectivity index (χ2v) is 5.34. The summed E-state index contributed by atoms with van der Waals surface area (Å²) in [5.41, 5.74) is 6.26. The topological polar surface area (TPSA) is 78.6 Å². The zero-order chi connectivity index (χ0) is 13.1. The van der Waals surface area contributed by atoms with E-state index < -0.39 is 0 Å². The summed E-state index contributed by atoms with van der Waals surface area (Å²) in [5.74, 6) is 0.179. The zero-order valence-electron chi connectivity index (χ0n) is 10.2. The molecular formula is C12H17N3O2S. The molecule has 1 amide bonds. The molecule has 0 spiro atoms. The molecular weight excluding hydrogens is 250 g/mol. The fourth-order valence-corrected chi connectivity index (χ4v) is 3.24. The van der Waals surface area contributed by atoms with Crippen molar-refractivity contribution in [3.8, 4) is 5.75 Å². The number of anilines is 1. The highest BCUT2D eigenvalue weighted by Crippen LogP contribution is 2.47. The Hall–Kier alpha value is -1.40. The second kappa shape index (κ2) is 5.49. The molecule has 0 saturated heterocycles. The molecule has 98 valence electrons. The number of phenolic OH excluding ortho intramolecular Hbond substituents is 1. The van der Waals surface area contributed by atoms with Gasteiger partial charge < -0.3 is 21.1 Å². The molecule has 1 aliphatic heterocycles. The van der Waals surface area contributed by atoms with E-state index in [1.54, 1.807) is 17.8 Å². The Morgan fingerprint density at radius 1 is 1.61 bits per heavy atom. The predicted octanol–water partition coefficient (Wildman–Crippen LogP) is 0.725. The van der Waals surface area contributed by atoms with Gasteiger partial charge in [-0.05, 0) is 18.6 Å². The third kappa shape index (κ3) is 2.54. The maximum absolute atomic E-state index is 11.0. The summed E-state index contributed by atoms with van der Waals surface area (Å²) >= 11 is 1.62. The summed E-state index contributed by atoms with van der Waals surface area (Å²) in [7, 11) is 1.99. The Balaban J connectivity index is 1.95. The molecule has 1 aromatic rings. The first-order chi connectivity index (χ1) is 8.63. The number of nitrogens with two attached hydrogens (primary N) is 1. The number of amides is 1. The lowest BCUT2D eigenvalue weighted by atomic mass is 10.2. The van der Waals surface area contributed by atoms with E-state index in [1.165, 1.54) is 0 Å². The molecule has 1 atom stereocenters. The number of benzene rings is 1. The van der Waals surface area contributed by atoms with Gasteiger partial charge in [0.05, 0.1) is 22.5 Å². The van der Waals surface area contributed by atoms with Crippen LogP contribution in [0.5, 0.6) is 5.75 Å². The zero-order valence-corrected chi connectivity index (χ0v) is 11.0. The van der Waals surface area contributed by atoms with Crippen LogP contribution in [0.15, 0.2) is 23.1 Å². The van der Waals surface area contributed by atoms with Crippen LogP contribution in [0.1, 0.15) is 6.42 Å². The average molecular weight is 267 g/mol. The van der Waals surface area contributed by atoms with Crippen molar-refractivity contribution in [2.24, 2.45) is 5.73 Å². The average Bonchev–Trinajstić information content (AvgIpc) is 2.69. The third-order valence-corrected chi connectivity index (χ3v) is 4.42. The van der Waals surface area contributed by atoms with Crippen molar-refractivity contribution >= 4 is 23.4 Å². The standard InChI is InChI=1S/C12H17N3O2S/c1-15-8-3-2-4-9(16)12(8)18-11(15)5-6-14-10(17)7-13/h2-4,11,16H,5-7,13H2,1H3,(H,14,17). The first-order valence-corrected chi connectivity index (χ1v) is 6.69. The van der Waals surface area contributed by atoms with E-state index in [0.29, 0.717) is 12.3 Å². The van der Waals surface area contributed by atoms with Crippen LogP contribution in [0.2, 0.25) is 0 Å². The number of carbonyl (C=O) groups is 1. The van der Waals surface area contributed by atoms with Gasteiger partial charge >= 0.3 is 0 Å². The van der Waals surface area contributed by atoms with Crippen LogP contribution < -0.4 is 16.0 Å². The first kappa shape index (κ1) is 13.0. The van der Waals surface area contributed by atoms with Crippen molar-refractivity contribution in [3.05, 3.63) is 18.2 Å². The molecule has 1 heterocycles. The largest absolute Gasteiger partial charge is 0.507 e. The fourth-order valence-electron chi connectivity index (χ4n) is 1.94. The van der Waals surface area contributed by atoms with E-state index in [2.05, 4.69) is 10.2 Å². The lowest BCUT2D eigenvalue weighted by molar-refractivity contribution is -0.119. The summed E-state index contributed by atoms with van der Waals surface area (Å²) in [5, 5.41) is 12.8. The molecule has 6 heteroatoms. The minimum Gasteiger partial charge on any atom is -0.507 e. The van der Waals surface area contributed by atoms with Gasteiger partial charge in [-0.25, -0.2) is 0 Å². The Morgan fingerprint density at radius 3 is 3.06 bits per heavy atom. The molecule has 1 aromatic carbocycles. The third-order valence-electron chi connectivity index (χ3n) is 2.94. The Kier molecular flexibility index (Phi) is 3.98. The smallest absolute Gasteiger partial charge is 0.233 e. The van der Waals surface area contributed by atoms with Gasteiger partial charge in [0.1, 0.15) is 5.75 Å². The number of nitrogens with zero attached hydrogens (tertiary/aromatic N) is 1. The fraction of sp³-hybridized carbons (Fsp3) is 0.417. The summed E-state index contributed by atoms with van der Waals surface area (Å²) in [6, 6.07) is 5.52. The number of hydrogen-bond donors (Lipinski definition) is 3. The molecule has 0 bridgehead atoms. The van der Waals surface area contributed by atoms with Crippen molar-refractivity contribution < 1.29 is 9.90 Å². The molecule has 0 aromatic heterocycles. The van der Waals surface area contributed by atoms with Crippen LogP contribution in [0.25, 0.3) is 0 Å². The molecule has 5 nitrogen and oxygen atoms in total. The maximum Gasteiger partial charge on any atom is 0.233 e. The number of rotatable bonds is 4. The Morgan fingerprint density at radius 2 is 2.39 bits per heavy atom. The number of thioether (sulfide) groups is 1. The van der Waals surface area contributed by atoms with E-state index in [1.807, 2.05) is 19.2 Å². The van der Waals surface area contributed by atoms with Crippen molar-refractivity contribution in [1.29, 1.82) is 0 Å². The number of aromatic hydroxyl groups is 1. The highest BCUT2D eigenvalue weighted by molar-refractivity contribution is 8.00. The lowest BCUT2D eigenvalue weighted by Crippen LogP contribution is -2.34. The van der Waals surface area contributed by atoms with Crippen LogP contribution in [0.3, 0.4) is 0 Å². The molecule has 0 saturated carbocycles. The highest BCUT2D eigenvalue weighted by Gasteiger charge is 2.28. The van der Waals surface area contributed by atoms with E-state index in [4.69, 9.17) is 5.73 Å². The summed E-state index contributed by atoms with van der Waals surface area (Å²) < 4.78 is 0. The van der Waals surface area contributed by atoms with Gasteiger partial charge in [0.25, 0.3) is 0 Å². The summed E-state index contributed by atoms with van der Waals surface area (Å²) in [6.45, 7) is 0.613. The number of hydrogen-bond acceptors (Lipinski definition) is 5. The molecule has 0 radical (unpaired) electrons. The highest BCUT2D eigenvalue weighted by atomic mass is 32.2. The summed E-state index contributed by atoms with van der Waals surface area (Å²) in [4.78, 5) is 14.1. The van der Waals surface area contributed by atoms with Crippen molar-refractivity contribution in [1.82, 2.24) is 5.32 Å². The van der Waals surface area contributed by atoms with Crippen molar-refractivity contribution in [2.75, 3.05) is 25.0 Å². The van der Waals surface area contributed by atoms with E-state index >= 15 is 0 Å². The Labute approximate surface area is 110 Å². The van der Waals surface area contributed by atoms with Crippen LogP contribution in [0, 0.1) is 0 Å². The summed E-state index contributed by atoms with van der Waals surface area (Å²) in [6.07, 6.45) is 0.807. The van der Waals surface area contributed by atoms with E-state index in [-0.39, 0.29) is 17.8 Å². The molecule has 0 fully saturated rings. The minimum absolute atomic E-state index is 0.0225. The molecule has 1 unspecified atom stereocenters. The van der Waals surface area contributed by atoms with E-state index in [0.717, 1.165) is 17.0 Å². The van der Waals surface area contributed by atoms with Gasteiger partial charge in [-0.3, -0.25) is 4.79 Å². The van der Waals surface area contributed by atoms with Gasteiger partial charge in [0, 0.05) is 13.6 Å². The van der Waals surface area contributed by atoms with Gasteiger partial charge in [0.2, 0.25) is 5.91 Å². The Bertz CT molecular complexity index is 453. The number of nitrogens with one attached hydrogen (secondary N) is 1. The molecule has 0 aliphatic carbocycles. The first-order valence-electron chi connectivity index (χ1n) is 5.81. The SMILES string of the molecule is CN1c2cccc(O)c2SC1CCNC(=O)CN. The quantitative estimate of drug-likeness (QED) is 0.749. The number of phenols is 1. The molecule has 1 aliphatic rings. The van der Waals surface area contributed by atoms with Crippen LogP contribution in [-0.2, 0) is 4.79 Å². The van der Waals surface area contributed by atoms with E-state index in [9.17, 15) is 9.90 Å². The number of fused-ring (bicyclic) bond motifs is 1. The monoisotopic (exact) mass is 267 g/mol. The molecule has 18 heavy (non-hydrogen) atoms. The van der Waals surface area contributed by atoms with Crippen LogP contribution in [-0.4, -0.2) is 36.5 Å². The van der Waals surface area contributed by atoms with Gasteiger partial charge in [-0.1, -0.05) is 17.8 Å². The molecule has 2 rings (SSSR count). The maximum atomic E-state index is 11.0. The molecule has 4 N–H and O–H groups in total. The van der Waals surface area contributed by atoms with Crippen LogP contribution in [0.4, 0.5) is 5.69 Å². The van der Waals surface area contributed by atoms with Crippen LogP contribution >= 0.6 is 11.8 Å². The second-order valence-electron chi connectivity index (χ2n) is 4.15. The van der Waals surface area contributed by atoms with Gasteiger partial charge in [-0.15, -0.1) is 0 Å². The normalized spacial score (nSPS) is 17.7. The predicted molar refractivity (Wildman–Crippen MR) is 72.8 cm³/mol.